The highest BCUT2D eigenvalue weighted by Crippen LogP contribution is 2.16. The van der Waals surface area contributed by atoms with E-state index in [1.165, 1.54) is 0 Å². The molecule has 0 aliphatic carbocycles. The summed E-state index contributed by atoms with van der Waals surface area (Å²) in [5, 5.41) is 8.55. The fourth-order valence-corrected chi connectivity index (χ4v) is 1.30. The first-order valence-electron chi connectivity index (χ1n) is 5.08. The number of aromatic nitrogens is 2. The van der Waals surface area contributed by atoms with E-state index in [1.54, 1.807) is 12.0 Å². The summed E-state index contributed by atoms with van der Waals surface area (Å²) in [5.74, 6) is -0.459. The Kier molecular flexibility index (Phi) is 5.10. The number of halogens is 1. The van der Waals surface area contributed by atoms with Crippen LogP contribution in [0.25, 0.3) is 0 Å². The standard InChI is InChI=1S/C10H14FN5O/c1-17-6-5-16(4-2-3-12)9-8(11)7-14-10(13)15-9/h7H,2,4-6H2,1H3,(H2,13,14,15). The van der Waals surface area contributed by atoms with E-state index in [-0.39, 0.29) is 18.2 Å². The summed E-state index contributed by atoms with van der Waals surface area (Å²) in [7, 11) is 1.55. The molecule has 0 aliphatic rings. The largest absolute Gasteiger partial charge is 0.383 e. The molecule has 2 N–H and O–H groups in total. The molecule has 0 fully saturated rings. The first-order valence-corrected chi connectivity index (χ1v) is 5.08. The molecule has 6 nitrogen and oxygen atoms in total. The number of methoxy groups -OCH3 is 1. The Balaban J connectivity index is 2.86. The summed E-state index contributed by atoms with van der Waals surface area (Å²) >= 11 is 0. The van der Waals surface area contributed by atoms with Crippen molar-refractivity contribution >= 4 is 11.8 Å². The fourth-order valence-electron chi connectivity index (χ4n) is 1.30. The van der Waals surface area contributed by atoms with Gasteiger partial charge in [0.05, 0.1) is 25.3 Å². The van der Waals surface area contributed by atoms with Crippen molar-refractivity contribution in [1.29, 1.82) is 5.26 Å². The van der Waals surface area contributed by atoms with Crippen molar-refractivity contribution in [3.8, 4) is 6.07 Å². The lowest BCUT2D eigenvalue weighted by Crippen LogP contribution is -2.30. The van der Waals surface area contributed by atoms with Crippen LogP contribution in [0.1, 0.15) is 6.42 Å². The van der Waals surface area contributed by atoms with Crippen LogP contribution in [0.5, 0.6) is 0 Å². The van der Waals surface area contributed by atoms with Gasteiger partial charge in [-0.05, 0) is 0 Å². The maximum absolute atomic E-state index is 13.5. The zero-order chi connectivity index (χ0) is 12.7. The molecule has 7 heteroatoms. The maximum atomic E-state index is 13.5. The van der Waals surface area contributed by atoms with Crippen molar-refractivity contribution in [3.05, 3.63) is 12.0 Å². The highest BCUT2D eigenvalue weighted by atomic mass is 19.1. The van der Waals surface area contributed by atoms with E-state index in [2.05, 4.69) is 9.97 Å². The smallest absolute Gasteiger partial charge is 0.222 e. The second-order valence-electron chi connectivity index (χ2n) is 3.29. The molecule has 1 aromatic rings. The normalized spacial score (nSPS) is 9.94. The summed E-state index contributed by atoms with van der Waals surface area (Å²) < 4.78 is 18.5. The zero-order valence-corrected chi connectivity index (χ0v) is 9.56. The predicted octanol–water partition coefficient (Wildman–Crippen LogP) is 0.564. The van der Waals surface area contributed by atoms with Crippen molar-refractivity contribution in [2.75, 3.05) is 37.4 Å². The summed E-state index contributed by atoms with van der Waals surface area (Å²) in [6.07, 6.45) is 1.29. The van der Waals surface area contributed by atoms with Crippen molar-refractivity contribution in [2.45, 2.75) is 6.42 Å². The van der Waals surface area contributed by atoms with Crippen molar-refractivity contribution in [3.63, 3.8) is 0 Å². The van der Waals surface area contributed by atoms with E-state index >= 15 is 0 Å². The minimum Gasteiger partial charge on any atom is -0.383 e. The molecule has 0 unspecified atom stereocenters. The minimum atomic E-state index is -0.562. The number of nitrogens with zero attached hydrogens (tertiary/aromatic N) is 4. The third-order valence-corrected chi connectivity index (χ3v) is 2.10. The number of nitrogen functional groups attached to an aromatic ring is 1. The average Bonchev–Trinajstić information content (AvgIpc) is 2.33. The molecule has 1 heterocycles. The second-order valence-corrected chi connectivity index (χ2v) is 3.29. The van der Waals surface area contributed by atoms with Crippen molar-refractivity contribution in [1.82, 2.24) is 9.97 Å². The highest BCUT2D eigenvalue weighted by Gasteiger charge is 2.13. The van der Waals surface area contributed by atoms with Crippen LogP contribution in [0.3, 0.4) is 0 Å². The Bertz CT molecular complexity index is 406. The number of hydrogen-bond acceptors (Lipinski definition) is 6. The topological polar surface area (TPSA) is 88.1 Å². The molecule has 0 spiro atoms. The van der Waals surface area contributed by atoms with Crippen LogP contribution in [0.4, 0.5) is 16.2 Å². The molecule has 1 aromatic heterocycles. The molecule has 0 saturated carbocycles. The lowest BCUT2D eigenvalue weighted by atomic mass is 10.3. The first-order chi connectivity index (χ1) is 8.19. The zero-order valence-electron chi connectivity index (χ0n) is 9.56. The lowest BCUT2D eigenvalue weighted by molar-refractivity contribution is 0.205. The monoisotopic (exact) mass is 239 g/mol. The molecular weight excluding hydrogens is 225 g/mol. The van der Waals surface area contributed by atoms with Crippen LogP contribution in [-0.4, -0.2) is 36.8 Å². The number of nitrogens with two attached hydrogens (primary N) is 1. The maximum Gasteiger partial charge on any atom is 0.222 e. The van der Waals surface area contributed by atoms with E-state index in [0.717, 1.165) is 6.20 Å². The van der Waals surface area contributed by atoms with E-state index in [1.807, 2.05) is 6.07 Å². The van der Waals surface area contributed by atoms with Crippen molar-refractivity contribution in [2.24, 2.45) is 0 Å². The van der Waals surface area contributed by atoms with Crippen LogP contribution < -0.4 is 10.6 Å². The van der Waals surface area contributed by atoms with Gasteiger partial charge in [0.15, 0.2) is 11.6 Å². The van der Waals surface area contributed by atoms with Gasteiger partial charge in [0, 0.05) is 20.2 Å². The second kappa shape index (κ2) is 6.60. The summed E-state index contributed by atoms with van der Waals surface area (Å²) in [5.41, 5.74) is 5.41. The van der Waals surface area contributed by atoms with Gasteiger partial charge in [-0.2, -0.15) is 10.2 Å². The van der Waals surface area contributed by atoms with E-state index in [4.69, 9.17) is 15.7 Å². The number of nitriles is 1. The molecule has 0 radical (unpaired) electrons. The van der Waals surface area contributed by atoms with Crippen LogP contribution in [0, 0.1) is 17.1 Å². The number of ether oxygens (including phenoxy) is 1. The minimum absolute atomic E-state index is 0.000717. The molecule has 0 aromatic carbocycles. The van der Waals surface area contributed by atoms with E-state index in [0.29, 0.717) is 19.7 Å². The molecule has 1 rings (SSSR count). The molecular formula is C10H14FN5O. The Labute approximate surface area is 98.8 Å². The molecule has 0 aliphatic heterocycles. The lowest BCUT2D eigenvalue weighted by Gasteiger charge is -2.22. The molecule has 0 amide bonds. The van der Waals surface area contributed by atoms with Gasteiger partial charge < -0.3 is 15.4 Å². The van der Waals surface area contributed by atoms with Gasteiger partial charge in [-0.25, -0.2) is 9.37 Å². The van der Waals surface area contributed by atoms with Gasteiger partial charge in [0.2, 0.25) is 5.95 Å². The molecule has 92 valence electrons. The molecule has 0 bridgehead atoms. The van der Waals surface area contributed by atoms with Gasteiger partial charge in [-0.1, -0.05) is 0 Å². The number of rotatable bonds is 6. The van der Waals surface area contributed by atoms with Gasteiger partial charge in [-0.15, -0.1) is 0 Å². The fraction of sp³-hybridized carbons (Fsp3) is 0.500. The van der Waals surface area contributed by atoms with Gasteiger partial charge >= 0.3 is 0 Å². The Morgan fingerprint density at radius 1 is 1.59 bits per heavy atom. The van der Waals surface area contributed by atoms with Crippen LogP contribution >= 0.6 is 0 Å². The predicted molar refractivity (Wildman–Crippen MR) is 60.7 cm³/mol. The average molecular weight is 239 g/mol. The number of hydrogen-bond donors (Lipinski definition) is 1. The van der Waals surface area contributed by atoms with Gasteiger partial charge in [-0.3, -0.25) is 0 Å². The van der Waals surface area contributed by atoms with Gasteiger partial charge in [0.1, 0.15) is 0 Å². The van der Waals surface area contributed by atoms with Gasteiger partial charge in [0.25, 0.3) is 0 Å². The molecule has 17 heavy (non-hydrogen) atoms. The first kappa shape index (κ1) is 13.1. The Morgan fingerprint density at radius 2 is 2.35 bits per heavy atom. The quantitative estimate of drug-likeness (QED) is 0.780. The van der Waals surface area contributed by atoms with Crippen molar-refractivity contribution < 1.29 is 9.13 Å². The van der Waals surface area contributed by atoms with E-state index < -0.39 is 5.82 Å². The van der Waals surface area contributed by atoms with Crippen LogP contribution in [-0.2, 0) is 4.74 Å². The van der Waals surface area contributed by atoms with Crippen LogP contribution in [0.15, 0.2) is 6.20 Å². The third kappa shape index (κ3) is 3.85. The Morgan fingerprint density at radius 3 is 3.00 bits per heavy atom. The molecule has 0 atom stereocenters. The molecule has 0 saturated heterocycles. The number of anilines is 2. The third-order valence-electron chi connectivity index (χ3n) is 2.10. The van der Waals surface area contributed by atoms with E-state index in [9.17, 15) is 4.39 Å². The summed E-state index contributed by atoms with van der Waals surface area (Å²) in [6, 6.07) is 2.00. The Hall–Kier alpha value is -1.94. The summed E-state index contributed by atoms with van der Waals surface area (Å²) in [4.78, 5) is 8.99. The van der Waals surface area contributed by atoms with Crippen LogP contribution in [0.2, 0.25) is 0 Å². The highest BCUT2D eigenvalue weighted by molar-refractivity contribution is 5.42. The SMILES string of the molecule is COCCN(CCC#N)c1nc(N)ncc1F. The summed E-state index contributed by atoms with van der Waals surface area (Å²) in [6.45, 7) is 1.22.